The van der Waals surface area contributed by atoms with Gasteiger partial charge in [0, 0.05) is 17.1 Å². The lowest BCUT2D eigenvalue weighted by Gasteiger charge is -2.14. The molecule has 0 spiro atoms. The monoisotopic (exact) mass is 464 g/mol. The number of amides is 3. The molecule has 0 saturated heterocycles. The Hall–Kier alpha value is -4.91. The van der Waals surface area contributed by atoms with Crippen LogP contribution >= 0.6 is 0 Å². The third-order valence-corrected chi connectivity index (χ3v) is 5.12. The van der Waals surface area contributed by atoms with Crippen LogP contribution in [0, 0.1) is 0 Å². The van der Waals surface area contributed by atoms with E-state index < -0.39 is 0 Å². The molecule has 4 rings (SSSR count). The van der Waals surface area contributed by atoms with Gasteiger partial charge in [0.05, 0.1) is 23.4 Å². The number of benzene rings is 4. The molecule has 4 aromatic rings. The molecule has 7 heteroatoms. The van der Waals surface area contributed by atoms with Gasteiger partial charge in [-0.3, -0.25) is 14.4 Å². The molecule has 0 aliphatic rings. The van der Waals surface area contributed by atoms with Crippen molar-refractivity contribution in [2.75, 3.05) is 27.8 Å². The number of nitrogens with one attached hydrogen (secondary N) is 4. The molecule has 4 aromatic carbocycles. The van der Waals surface area contributed by atoms with Crippen molar-refractivity contribution in [2.24, 2.45) is 0 Å². The molecule has 4 N–H and O–H groups in total. The maximum atomic E-state index is 12.7. The average molecular weight is 465 g/mol. The minimum Gasteiger partial charge on any atom is -0.376 e. The minimum atomic E-state index is -0.358. The number of carbonyl (C=O) groups is 3. The smallest absolute Gasteiger partial charge is 0.257 e. The van der Waals surface area contributed by atoms with Gasteiger partial charge in [0.25, 0.3) is 11.8 Å². The van der Waals surface area contributed by atoms with E-state index in [0.29, 0.717) is 33.9 Å². The molecule has 0 radical (unpaired) electrons. The minimum absolute atomic E-state index is 0.0930. The number of carbonyl (C=O) groups excluding carboxylic acids is 3. The third-order valence-electron chi connectivity index (χ3n) is 5.12. The molecule has 0 fully saturated rings. The Morgan fingerprint density at radius 2 is 0.914 bits per heavy atom. The summed E-state index contributed by atoms with van der Waals surface area (Å²) < 4.78 is 0. The van der Waals surface area contributed by atoms with Crippen LogP contribution in [0.2, 0.25) is 0 Å². The molecule has 0 unspecified atom stereocenters. The van der Waals surface area contributed by atoms with E-state index >= 15 is 0 Å². The molecule has 35 heavy (non-hydrogen) atoms. The molecule has 7 nitrogen and oxygen atoms in total. The molecule has 0 bridgehead atoms. The van der Waals surface area contributed by atoms with Crippen molar-refractivity contribution in [3.63, 3.8) is 0 Å². The summed E-state index contributed by atoms with van der Waals surface area (Å²) in [5.74, 6) is -0.978. The second-order valence-electron chi connectivity index (χ2n) is 7.63. The topological polar surface area (TPSA) is 99.3 Å². The highest BCUT2D eigenvalue weighted by molar-refractivity contribution is 6.11. The van der Waals surface area contributed by atoms with Crippen molar-refractivity contribution in [3.8, 4) is 0 Å². The lowest BCUT2D eigenvalue weighted by molar-refractivity contribution is -0.114. The van der Waals surface area contributed by atoms with Gasteiger partial charge in [0.2, 0.25) is 5.91 Å². The van der Waals surface area contributed by atoms with Crippen molar-refractivity contribution in [3.05, 3.63) is 120 Å². The van der Waals surface area contributed by atoms with E-state index in [-0.39, 0.29) is 24.3 Å². The van der Waals surface area contributed by atoms with Gasteiger partial charge in [-0.2, -0.15) is 0 Å². The SMILES string of the molecule is O=C(CNc1ccccc1C(=O)Nc1ccccc1)Nc1ccccc1C(=O)Nc1ccccc1. The Balaban J connectivity index is 1.40. The highest BCUT2D eigenvalue weighted by Gasteiger charge is 2.15. The second kappa shape index (κ2) is 11.3. The molecular weight excluding hydrogens is 440 g/mol. The first-order chi connectivity index (χ1) is 17.1. The van der Waals surface area contributed by atoms with Crippen molar-refractivity contribution in [1.82, 2.24) is 0 Å². The third kappa shape index (κ3) is 6.33. The van der Waals surface area contributed by atoms with Gasteiger partial charge in [-0.1, -0.05) is 60.7 Å². The molecule has 0 saturated carbocycles. The Bertz CT molecular complexity index is 1320. The van der Waals surface area contributed by atoms with Gasteiger partial charge in [0.1, 0.15) is 0 Å². The Morgan fingerprint density at radius 3 is 1.46 bits per heavy atom. The predicted octanol–water partition coefficient (Wildman–Crippen LogP) is 5.24. The predicted molar refractivity (Wildman–Crippen MR) is 139 cm³/mol. The summed E-state index contributed by atoms with van der Waals surface area (Å²) in [7, 11) is 0. The van der Waals surface area contributed by atoms with Crippen molar-refractivity contribution in [2.45, 2.75) is 0 Å². The Morgan fingerprint density at radius 1 is 0.486 bits per heavy atom. The largest absolute Gasteiger partial charge is 0.376 e. The van der Waals surface area contributed by atoms with Crippen molar-refractivity contribution in [1.29, 1.82) is 0 Å². The van der Waals surface area contributed by atoms with Crippen LogP contribution in [0.1, 0.15) is 20.7 Å². The van der Waals surface area contributed by atoms with Crippen molar-refractivity contribution >= 4 is 40.5 Å². The summed E-state index contributed by atoms with van der Waals surface area (Å²) in [6, 6.07) is 32.0. The number of para-hydroxylation sites is 4. The van der Waals surface area contributed by atoms with Crippen LogP contribution in [0.15, 0.2) is 109 Å². The summed E-state index contributed by atoms with van der Waals surface area (Å²) in [6.07, 6.45) is 0. The van der Waals surface area contributed by atoms with E-state index in [1.807, 2.05) is 36.4 Å². The highest BCUT2D eigenvalue weighted by Crippen LogP contribution is 2.19. The lowest BCUT2D eigenvalue weighted by Crippen LogP contribution is -2.25. The van der Waals surface area contributed by atoms with Gasteiger partial charge in [-0.25, -0.2) is 0 Å². The standard InChI is InChI=1S/C28H24N4O3/c33-26(32-25-18-10-8-16-23(25)28(35)31-21-13-5-2-6-14-21)19-29-24-17-9-7-15-22(24)27(34)30-20-11-3-1-4-12-20/h1-18,29H,19H2,(H,30,34)(H,31,35)(H,32,33). The van der Waals surface area contributed by atoms with E-state index in [1.165, 1.54) is 0 Å². The zero-order valence-electron chi connectivity index (χ0n) is 18.8. The van der Waals surface area contributed by atoms with Crippen LogP contribution in [-0.2, 0) is 4.79 Å². The van der Waals surface area contributed by atoms with E-state index in [9.17, 15) is 14.4 Å². The van der Waals surface area contributed by atoms with Crippen molar-refractivity contribution < 1.29 is 14.4 Å². The van der Waals surface area contributed by atoms with Crippen LogP contribution in [-0.4, -0.2) is 24.3 Å². The van der Waals surface area contributed by atoms with Crippen LogP contribution in [0.3, 0.4) is 0 Å². The van der Waals surface area contributed by atoms with Gasteiger partial charge >= 0.3 is 0 Å². The molecule has 174 valence electrons. The summed E-state index contributed by atoms with van der Waals surface area (Å²) in [5, 5.41) is 11.4. The molecule has 0 heterocycles. The Kier molecular flexibility index (Phi) is 7.50. The summed E-state index contributed by atoms with van der Waals surface area (Å²) >= 11 is 0. The average Bonchev–Trinajstić information content (AvgIpc) is 2.89. The maximum Gasteiger partial charge on any atom is 0.257 e. The number of anilines is 4. The zero-order valence-corrected chi connectivity index (χ0v) is 18.8. The van der Waals surface area contributed by atoms with E-state index in [4.69, 9.17) is 0 Å². The van der Waals surface area contributed by atoms with Gasteiger partial charge < -0.3 is 21.3 Å². The fourth-order valence-corrected chi connectivity index (χ4v) is 3.44. The summed E-state index contributed by atoms with van der Waals surface area (Å²) in [6.45, 7) is -0.0930. The molecule has 0 aliphatic carbocycles. The first kappa shape index (κ1) is 23.3. The maximum absolute atomic E-state index is 12.7. The fourth-order valence-electron chi connectivity index (χ4n) is 3.44. The van der Waals surface area contributed by atoms with Crippen LogP contribution in [0.25, 0.3) is 0 Å². The first-order valence-corrected chi connectivity index (χ1v) is 11.0. The summed E-state index contributed by atoms with van der Waals surface area (Å²) in [4.78, 5) is 38.2. The second-order valence-corrected chi connectivity index (χ2v) is 7.63. The van der Waals surface area contributed by atoms with Crippen LogP contribution in [0.5, 0.6) is 0 Å². The number of hydrogen-bond acceptors (Lipinski definition) is 4. The van der Waals surface area contributed by atoms with E-state index in [2.05, 4.69) is 21.3 Å². The fraction of sp³-hybridized carbons (Fsp3) is 0.0357. The molecular formula is C28H24N4O3. The normalized spacial score (nSPS) is 10.2. The van der Waals surface area contributed by atoms with E-state index in [1.54, 1.807) is 72.8 Å². The summed E-state index contributed by atoms with van der Waals surface area (Å²) in [5.41, 5.74) is 2.99. The molecule has 0 aromatic heterocycles. The van der Waals surface area contributed by atoms with Crippen LogP contribution in [0.4, 0.5) is 22.7 Å². The van der Waals surface area contributed by atoms with Crippen LogP contribution < -0.4 is 21.3 Å². The number of hydrogen-bond donors (Lipinski definition) is 4. The van der Waals surface area contributed by atoms with Gasteiger partial charge in [-0.15, -0.1) is 0 Å². The highest BCUT2D eigenvalue weighted by atomic mass is 16.2. The van der Waals surface area contributed by atoms with Gasteiger partial charge in [-0.05, 0) is 48.5 Å². The first-order valence-electron chi connectivity index (χ1n) is 11.0. The Labute approximate surface area is 203 Å². The zero-order chi connectivity index (χ0) is 24.5. The van der Waals surface area contributed by atoms with E-state index in [0.717, 1.165) is 0 Å². The number of rotatable bonds is 8. The quantitative estimate of drug-likeness (QED) is 0.286. The molecule has 0 aliphatic heterocycles. The molecule has 0 atom stereocenters. The van der Waals surface area contributed by atoms with Gasteiger partial charge in [0.15, 0.2) is 0 Å². The lowest BCUT2D eigenvalue weighted by atomic mass is 10.1. The molecule has 3 amide bonds.